The molecule has 3 aromatic carbocycles. The monoisotopic (exact) mass is 360 g/mol. The van der Waals surface area contributed by atoms with Gasteiger partial charge in [0.15, 0.2) is 0 Å². The average Bonchev–Trinajstić information content (AvgIpc) is 2.75. The predicted octanol–water partition coefficient (Wildman–Crippen LogP) is 5.47. The fourth-order valence-electron chi connectivity index (χ4n) is 2.92. The Morgan fingerprint density at radius 3 is 2.04 bits per heavy atom. The van der Waals surface area contributed by atoms with Crippen LogP contribution in [0, 0.1) is 0 Å². The van der Waals surface area contributed by atoms with Crippen LogP contribution in [-0.4, -0.2) is 8.42 Å². The highest BCUT2D eigenvalue weighted by molar-refractivity contribution is 7.92. The number of rotatable bonds is 1. The summed E-state index contributed by atoms with van der Waals surface area (Å²) in [5.74, 6) is 0. The molecule has 0 atom stereocenters. The van der Waals surface area contributed by atoms with Gasteiger partial charge in [0, 0.05) is 21.2 Å². The maximum atomic E-state index is 12.6. The molecule has 0 bridgehead atoms. The van der Waals surface area contributed by atoms with Gasteiger partial charge in [-0.1, -0.05) is 47.5 Å². The van der Waals surface area contributed by atoms with Crippen LogP contribution in [0.3, 0.4) is 0 Å². The quantitative estimate of drug-likeness (QED) is 0.450. The fourth-order valence-corrected chi connectivity index (χ4v) is 5.11. The molecule has 4 rings (SSSR count). The minimum Gasteiger partial charge on any atom is -0.218 e. The van der Waals surface area contributed by atoms with E-state index in [1.165, 1.54) is 0 Å². The van der Waals surface area contributed by atoms with Crippen LogP contribution in [-0.2, 0) is 9.84 Å². The van der Waals surface area contributed by atoms with Gasteiger partial charge in [-0.05, 0) is 47.5 Å². The Labute approximate surface area is 144 Å². The summed E-state index contributed by atoms with van der Waals surface area (Å²) in [6, 6.07) is 17.6. The second kappa shape index (κ2) is 5.10. The summed E-state index contributed by atoms with van der Waals surface area (Å²) < 4.78 is 25.2. The van der Waals surface area contributed by atoms with Gasteiger partial charge >= 0.3 is 0 Å². The smallest absolute Gasteiger partial charge is 0.207 e. The molecule has 2 nitrogen and oxygen atoms in total. The third-order valence-corrected chi connectivity index (χ3v) is 6.24. The van der Waals surface area contributed by atoms with Crippen molar-refractivity contribution in [1.82, 2.24) is 0 Å². The summed E-state index contributed by atoms with van der Waals surface area (Å²) in [4.78, 5) is 0.701. The standard InChI is InChI=1S/C18H10Cl2O2S/c19-13-7-12(8-14(20)10-13)11-5-6-18-16(9-11)15-3-1-2-4-17(15)23(18,21)22/h1-10H. The lowest BCUT2D eigenvalue weighted by molar-refractivity contribution is 0.598. The molecule has 5 heteroatoms. The molecule has 0 spiro atoms. The average molecular weight is 361 g/mol. The number of benzene rings is 3. The molecule has 0 fully saturated rings. The third-order valence-electron chi connectivity index (χ3n) is 3.93. The van der Waals surface area contributed by atoms with E-state index in [0.717, 1.165) is 16.7 Å². The van der Waals surface area contributed by atoms with Gasteiger partial charge in [-0.2, -0.15) is 0 Å². The van der Waals surface area contributed by atoms with E-state index in [1.54, 1.807) is 30.3 Å². The summed E-state index contributed by atoms with van der Waals surface area (Å²) >= 11 is 12.1. The van der Waals surface area contributed by atoms with Gasteiger partial charge in [-0.25, -0.2) is 8.42 Å². The van der Waals surface area contributed by atoms with Crippen LogP contribution in [0.5, 0.6) is 0 Å². The number of halogens is 2. The molecule has 1 aliphatic rings. The summed E-state index contributed by atoms with van der Waals surface area (Å²) in [6.07, 6.45) is 0. The van der Waals surface area contributed by atoms with E-state index < -0.39 is 9.84 Å². The van der Waals surface area contributed by atoms with E-state index in [9.17, 15) is 8.42 Å². The molecule has 1 heterocycles. The summed E-state index contributed by atoms with van der Waals surface area (Å²) in [5.41, 5.74) is 3.18. The van der Waals surface area contributed by atoms with Gasteiger partial charge in [0.05, 0.1) is 9.79 Å². The lowest BCUT2D eigenvalue weighted by Gasteiger charge is -2.06. The van der Waals surface area contributed by atoms with Crippen LogP contribution in [0.1, 0.15) is 0 Å². The molecule has 0 amide bonds. The number of fused-ring (bicyclic) bond motifs is 3. The van der Waals surface area contributed by atoms with Crippen molar-refractivity contribution in [3.05, 3.63) is 70.7 Å². The Morgan fingerprint density at radius 2 is 1.30 bits per heavy atom. The Balaban J connectivity index is 1.98. The Morgan fingerprint density at radius 1 is 0.652 bits per heavy atom. The highest BCUT2D eigenvalue weighted by Gasteiger charge is 2.32. The Hall–Kier alpha value is -1.81. The molecule has 0 saturated carbocycles. The summed E-state index contributed by atoms with van der Waals surface area (Å²) in [7, 11) is -3.43. The molecular formula is C18H10Cl2O2S. The largest absolute Gasteiger partial charge is 0.218 e. The van der Waals surface area contributed by atoms with E-state index in [2.05, 4.69) is 0 Å². The van der Waals surface area contributed by atoms with Crippen LogP contribution in [0.15, 0.2) is 70.5 Å². The minimum absolute atomic E-state index is 0.343. The minimum atomic E-state index is -3.43. The highest BCUT2D eigenvalue weighted by Crippen LogP contribution is 2.44. The van der Waals surface area contributed by atoms with Crippen LogP contribution < -0.4 is 0 Å². The molecule has 0 radical (unpaired) electrons. The maximum Gasteiger partial charge on any atom is 0.207 e. The second-order valence-electron chi connectivity index (χ2n) is 5.37. The van der Waals surface area contributed by atoms with Crippen LogP contribution >= 0.6 is 23.2 Å². The van der Waals surface area contributed by atoms with E-state index in [-0.39, 0.29) is 0 Å². The molecule has 0 N–H and O–H groups in total. The molecule has 114 valence electrons. The van der Waals surface area contributed by atoms with Gasteiger partial charge in [0.2, 0.25) is 9.84 Å². The van der Waals surface area contributed by atoms with Crippen molar-refractivity contribution in [2.24, 2.45) is 0 Å². The molecule has 0 unspecified atom stereocenters. The van der Waals surface area contributed by atoms with Crippen molar-refractivity contribution in [1.29, 1.82) is 0 Å². The lowest BCUT2D eigenvalue weighted by Crippen LogP contribution is -1.96. The van der Waals surface area contributed by atoms with Crippen molar-refractivity contribution in [3.8, 4) is 22.3 Å². The fraction of sp³-hybridized carbons (Fsp3) is 0. The first-order chi connectivity index (χ1) is 11.0. The topological polar surface area (TPSA) is 34.1 Å². The van der Waals surface area contributed by atoms with Gasteiger partial charge < -0.3 is 0 Å². The molecule has 23 heavy (non-hydrogen) atoms. The van der Waals surface area contributed by atoms with Gasteiger partial charge in [0.1, 0.15) is 0 Å². The summed E-state index contributed by atoms with van der Waals surface area (Å²) in [6.45, 7) is 0. The van der Waals surface area contributed by atoms with Crippen LogP contribution in [0.4, 0.5) is 0 Å². The Kier molecular flexibility index (Phi) is 3.27. The van der Waals surface area contributed by atoms with Gasteiger partial charge in [0.25, 0.3) is 0 Å². The first kappa shape index (κ1) is 14.8. The SMILES string of the molecule is O=S1(=O)c2ccccc2-c2cc(-c3cc(Cl)cc(Cl)c3)ccc21. The van der Waals surface area contributed by atoms with Crippen molar-refractivity contribution in [3.63, 3.8) is 0 Å². The number of hydrogen-bond acceptors (Lipinski definition) is 2. The maximum absolute atomic E-state index is 12.6. The summed E-state index contributed by atoms with van der Waals surface area (Å²) in [5, 5.41) is 1.09. The van der Waals surface area contributed by atoms with Gasteiger partial charge in [-0.3, -0.25) is 0 Å². The highest BCUT2D eigenvalue weighted by atomic mass is 35.5. The van der Waals surface area contributed by atoms with Crippen molar-refractivity contribution in [2.75, 3.05) is 0 Å². The van der Waals surface area contributed by atoms with Gasteiger partial charge in [-0.15, -0.1) is 0 Å². The molecule has 0 aliphatic carbocycles. The van der Waals surface area contributed by atoms with E-state index in [0.29, 0.717) is 25.4 Å². The second-order valence-corrected chi connectivity index (χ2v) is 8.13. The molecule has 3 aromatic rings. The zero-order chi connectivity index (χ0) is 16.2. The first-order valence-electron chi connectivity index (χ1n) is 6.92. The number of hydrogen-bond donors (Lipinski definition) is 0. The van der Waals surface area contributed by atoms with Crippen molar-refractivity contribution >= 4 is 33.0 Å². The number of sulfone groups is 1. The molecule has 0 saturated heterocycles. The third kappa shape index (κ3) is 2.27. The van der Waals surface area contributed by atoms with Crippen LogP contribution in [0.2, 0.25) is 10.0 Å². The Bertz CT molecular complexity index is 1040. The molecule has 0 aromatic heterocycles. The van der Waals surface area contributed by atoms with Crippen molar-refractivity contribution in [2.45, 2.75) is 9.79 Å². The van der Waals surface area contributed by atoms with Crippen LogP contribution in [0.25, 0.3) is 22.3 Å². The zero-order valence-corrected chi connectivity index (χ0v) is 14.1. The van der Waals surface area contributed by atoms with E-state index >= 15 is 0 Å². The van der Waals surface area contributed by atoms with E-state index in [4.69, 9.17) is 23.2 Å². The normalized spacial score (nSPS) is 14.3. The zero-order valence-electron chi connectivity index (χ0n) is 11.8. The predicted molar refractivity (Wildman–Crippen MR) is 92.8 cm³/mol. The van der Waals surface area contributed by atoms with E-state index in [1.807, 2.05) is 30.3 Å². The van der Waals surface area contributed by atoms with Crippen molar-refractivity contribution < 1.29 is 8.42 Å². The first-order valence-corrected chi connectivity index (χ1v) is 9.16. The molecule has 1 aliphatic heterocycles. The molecular weight excluding hydrogens is 351 g/mol. The lowest BCUT2D eigenvalue weighted by atomic mass is 9.99.